The minimum absolute atomic E-state index is 0.0990. The lowest BCUT2D eigenvalue weighted by Gasteiger charge is -2.22. The molecule has 0 fully saturated rings. The minimum atomic E-state index is -3.00. The van der Waals surface area contributed by atoms with Gasteiger partial charge in [0, 0.05) is 13.0 Å². The Kier molecular flexibility index (Phi) is 5.63. The van der Waals surface area contributed by atoms with Crippen LogP contribution in [0.1, 0.15) is 34.1 Å². The van der Waals surface area contributed by atoms with E-state index >= 15 is 0 Å². The molecule has 0 atom stereocenters. The average molecular weight is 262 g/mol. The summed E-state index contributed by atoms with van der Waals surface area (Å²) in [7, 11) is -3.00. The van der Waals surface area contributed by atoms with E-state index in [0.29, 0.717) is 12.6 Å². The lowest BCUT2D eigenvalue weighted by Crippen LogP contribution is -2.20. The Labute approximate surface area is 104 Å². The van der Waals surface area contributed by atoms with Crippen molar-refractivity contribution in [3.05, 3.63) is 0 Å². The van der Waals surface area contributed by atoms with Crippen LogP contribution in [0.15, 0.2) is 4.99 Å². The summed E-state index contributed by atoms with van der Waals surface area (Å²) in [4.78, 5) is 4.27. The number of nitrogens with zero attached hydrogens (tertiary/aromatic N) is 1. The molecule has 0 amide bonds. The first-order chi connectivity index (χ1) is 7.91. The zero-order valence-corrected chi connectivity index (χ0v) is 12.0. The Morgan fingerprint density at radius 3 is 2.29 bits per heavy atom. The summed E-state index contributed by atoms with van der Waals surface area (Å²) in [5, 5.41) is 3.15. The van der Waals surface area contributed by atoms with Crippen LogP contribution < -0.4 is 5.32 Å². The molecule has 0 aliphatic carbocycles. The van der Waals surface area contributed by atoms with Crippen LogP contribution in [0.5, 0.6) is 0 Å². The molecule has 1 aliphatic rings. The largest absolute Gasteiger partial charge is 0.372 e. The van der Waals surface area contributed by atoms with Crippen LogP contribution in [0.3, 0.4) is 0 Å². The van der Waals surface area contributed by atoms with Gasteiger partial charge < -0.3 is 14.4 Å². The molecule has 0 aromatic heterocycles. The highest BCUT2D eigenvalue weighted by molar-refractivity contribution is 7.53. The normalized spacial score (nSPS) is 16.5. The molecule has 1 rings (SSSR count). The number of nitrogens with one attached hydrogen (secondary N) is 1. The van der Waals surface area contributed by atoms with Crippen molar-refractivity contribution in [2.75, 3.05) is 19.3 Å². The third-order valence-corrected chi connectivity index (χ3v) is 4.37. The summed E-state index contributed by atoms with van der Waals surface area (Å²) in [5.74, 6) is 0.907. The Hall–Kier alpha value is -0.380. The summed E-state index contributed by atoms with van der Waals surface area (Å²) in [6.07, 6.45) is 0.808. The predicted octanol–water partition coefficient (Wildman–Crippen LogP) is 2.42. The van der Waals surface area contributed by atoms with E-state index in [1.807, 2.05) is 27.7 Å². The Balaban J connectivity index is 2.53. The van der Waals surface area contributed by atoms with E-state index in [1.54, 1.807) is 0 Å². The fourth-order valence-corrected chi connectivity index (χ4v) is 3.66. The van der Waals surface area contributed by atoms with Crippen molar-refractivity contribution in [2.45, 2.75) is 46.3 Å². The minimum Gasteiger partial charge on any atom is -0.372 e. The maximum Gasteiger partial charge on any atom is 0.331 e. The van der Waals surface area contributed by atoms with Crippen LogP contribution in [-0.2, 0) is 13.6 Å². The van der Waals surface area contributed by atoms with Crippen LogP contribution in [0.4, 0.5) is 0 Å². The van der Waals surface area contributed by atoms with Gasteiger partial charge >= 0.3 is 7.60 Å². The molecule has 1 heterocycles. The number of hydrogen-bond donors (Lipinski definition) is 1. The maximum absolute atomic E-state index is 12.5. The quantitative estimate of drug-likeness (QED) is 0.716. The van der Waals surface area contributed by atoms with Gasteiger partial charge in [-0.3, -0.25) is 9.56 Å². The van der Waals surface area contributed by atoms with E-state index in [9.17, 15) is 4.57 Å². The number of amidine groups is 1. The lowest BCUT2D eigenvalue weighted by atomic mass is 10.4. The Bertz CT molecular complexity index is 302. The van der Waals surface area contributed by atoms with Crippen molar-refractivity contribution in [1.29, 1.82) is 0 Å². The first-order valence-electron chi connectivity index (χ1n) is 6.14. The smallest absolute Gasteiger partial charge is 0.331 e. The highest BCUT2D eigenvalue weighted by Gasteiger charge is 2.28. The van der Waals surface area contributed by atoms with Gasteiger partial charge in [-0.1, -0.05) is 0 Å². The van der Waals surface area contributed by atoms with Gasteiger partial charge in [0.2, 0.25) is 0 Å². The Morgan fingerprint density at radius 1 is 1.29 bits per heavy atom. The number of hydrogen-bond acceptors (Lipinski definition) is 5. The lowest BCUT2D eigenvalue weighted by molar-refractivity contribution is 0.143. The monoisotopic (exact) mass is 262 g/mol. The van der Waals surface area contributed by atoms with Crippen LogP contribution in [-0.4, -0.2) is 37.3 Å². The van der Waals surface area contributed by atoms with Crippen molar-refractivity contribution < 1.29 is 13.6 Å². The van der Waals surface area contributed by atoms with E-state index in [4.69, 9.17) is 9.05 Å². The fraction of sp³-hybridized carbons (Fsp3) is 0.909. The van der Waals surface area contributed by atoms with Crippen molar-refractivity contribution in [3.63, 3.8) is 0 Å². The molecule has 1 N–H and O–H groups in total. The van der Waals surface area contributed by atoms with Crippen LogP contribution in [0.25, 0.3) is 0 Å². The van der Waals surface area contributed by atoms with Crippen molar-refractivity contribution in [3.8, 4) is 0 Å². The van der Waals surface area contributed by atoms with Crippen LogP contribution in [0.2, 0.25) is 0 Å². The average Bonchev–Trinajstić information content (AvgIpc) is 2.64. The fourth-order valence-electron chi connectivity index (χ4n) is 1.63. The Morgan fingerprint density at radius 2 is 1.88 bits per heavy atom. The highest BCUT2D eigenvalue weighted by Crippen LogP contribution is 2.50. The van der Waals surface area contributed by atoms with E-state index in [0.717, 1.165) is 18.9 Å². The predicted molar refractivity (Wildman–Crippen MR) is 69.8 cm³/mol. The van der Waals surface area contributed by atoms with Gasteiger partial charge in [-0.05, 0) is 27.7 Å². The molecule has 0 aromatic carbocycles. The van der Waals surface area contributed by atoms with Crippen molar-refractivity contribution in [2.24, 2.45) is 4.99 Å². The SMILES string of the molecule is CC(C)OP(=O)(CCC1=NCCN1)OC(C)C. The van der Waals surface area contributed by atoms with Crippen molar-refractivity contribution in [1.82, 2.24) is 5.32 Å². The molecule has 0 saturated carbocycles. The molecule has 0 aromatic rings. The third-order valence-electron chi connectivity index (χ3n) is 2.11. The van der Waals surface area contributed by atoms with Gasteiger partial charge in [-0.15, -0.1) is 0 Å². The van der Waals surface area contributed by atoms with Gasteiger partial charge in [0.05, 0.1) is 30.8 Å². The van der Waals surface area contributed by atoms with Gasteiger partial charge in [-0.2, -0.15) is 0 Å². The first-order valence-corrected chi connectivity index (χ1v) is 7.87. The molecular weight excluding hydrogens is 239 g/mol. The first kappa shape index (κ1) is 14.7. The second kappa shape index (κ2) is 6.53. The second-order valence-electron chi connectivity index (χ2n) is 4.65. The summed E-state index contributed by atoms with van der Waals surface area (Å²) in [6, 6.07) is 0. The zero-order valence-electron chi connectivity index (χ0n) is 11.1. The summed E-state index contributed by atoms with van der Waals surface area (Å²) in [5.41, 5.74) is 0. The summed E-state index contributed by atoms with van der Waals surface area (Å²) < 4.78 is 23.4. The summed E-state index contributed by atoms with van der Waals surface area (Å²) >= 11 is 0. The molecule has 6 heteroatoms. The van der Waals surface area contributed by atoms with Gasteiger partial charge in [0.25, 0.3) is 0 Å². The molecule has 100 valence electrons. The van der Waals surface area contributed by atoms with E-state index < -0.39 is 7.60 Å². The topological polar surface area (TPSA) is 59.9 Å². The van der Waals surface area contributed by atoms with Gasteiger partial charge in [0.15, 0.2) is 0 Å². The van der Waals surface area contributed by atoms with Gasteiger partial charge in [0.1, 0.15) is 0 Å². The molecule has 0 bridgehead atoms. The molecule has 0 unspecified atom stereocenters. The number of rotatable bonds is 7. The zero-order chi connectivity index (χ0) is 12.9. The molecule has 0 saturated heterocycles. The van der Waals surface area contributed by atoms with Crippen molar-refractivity contribution >= 4 is 13.4 Å². The van der Waals surface area contributed by atoms with Crippen LogP contribution >= 0.6 is 7.60 Å². The van der Waals surface area contributed by atoms with Gasteiger partial charge in [-0.25, -0.2) is 0 Å². The molecule has 1 aliphatic heterocycles. The molecule has 17 heavy (non-hydrogen) atoms. The third kappa shape index (κ3) is 5.66. The number of aliphatic imine (C=N–C) groups is 1. The molecular formula is C11H23N2O3P. The van der Waals surface area contributed by atoms with E-state index in [1.165, 1.54) is 0 Å². The van der Waals surface area contributed by atoms with E-state index in [-0.39, 0.29) is 12.2 Å². The molecule has 0 spiro atoms. The second-order valence-corrected chi connectivity index (χ2v) is 6.74. The summed E-state index contributed by atoms with van der Waals surface area (Å²) in [6.45, 7) is 9.12. The molecule has 5 nitrogen and oxygen atoms in total. The maximum atomic E-state index is 12.5. The standard InChI is InChI=1S/C11H23N2O3P/c1-9(2)15-17(14,16-10(3)4)8-5-11-12-6-7-13-11/h9-10H,5-8H2,1-4H3,(H,12,13). The van der Waals surface area contributed by atoms with Crippen LogP contribution in [0, 0.1) is 0 Å². The highest BCUT2D eigenvalue weighted by atomic mass is 31.2. The molecule has 0 radical (unpaired) electrons. The van der Waals surface area contributed by atoms with E-state index in [2.05, 4.69) is 10.3 Å².